The van der Waals surface area contributed by atoms with E-state index in [0.717, 1.165) is 29.7 Å². The summed E-state index contributed by atoms with van der Waals surface area (Å²) in [5.41, 5.74) is 2.84. The van der Waals surface area contributed by atoms with E-state index in [2.05, 4.69) is 30.0 Å². The van der Waals surface area contributed by atoms with Gasteiger partial charge in [-0.2, -0.15) is 0 Å². The number of nitrogens with zero attached hydrogens (tertiary/aromatic N) is 2. The van der Waals surface area contributed by atoms with Gasteiger partial charge in [-0.15, -0.1) is 0 Å². The molecule has 1 aliphatic rings. The van der Waals surface area contributed by atoms with Crippen LogP contribution < -0.4 is 5.32 Å². The number of piperidine rings is 1. The predicted octanol–water partition coefficient (Wildman–Crippen LogP) is 7.34. The van der Waals surface area contributed by atoms with Gasteiger partial charge in [-0.25, -0.2) is 4.39 Å². The summed E-state index contributed by atoms with van der Waals surface area (Å²) in [5, 5.41) is 3.28. The van der Waals surface area contributed by atoms with Crippen molar-refractivity contribution in [3.8, 4) is 0 Å². The Hall–Kier alpha value is -2.96. The molecule has 0 bridgehead atoms. The Labute approximate surface area is 236 Å². The van der Waals surface area contributed by atoms with Crippen LogP contribution >= 0.6 is 23.2 Å². The Balaban J connectivity index is 2.13. The van der Waals surface area contributed by atoms with Gasteiger partial charge in [0.1, 0.15) is 17.7 Å². The number of rotatable bonds is 12. The molecule has 1 aromatic rings. The molecule has 0 spiro atoms. The smallest absolute Gasteiger partial charge is 0.241 e. The largest absolute Gasteiger partial charge is 0.486 e. The number of allylic oxidation sites excluding steroid dienone is 7. The van der Waals surface area contributed by atoms with Crippen LogP contribution in [0.25, 0.3) is 0 Å². The highest BCUT2D eigenvalue weighted by molar-refractivity contribution is 6.36. The van der Waals surface area contributed by atoms with Crippen LogP contribution in [0.15, 0.2) is 85.0 Å². The van der Waals surface area contributed by atoms with Crippen molar-refractivity contribution in [2.24, 2.45) is 0 Å². The fraction of sp³-hybridized carbons (Fsp3) is 0.367. The van der Waals surface area contributed by atoms with Crippen LogP contribution in [0.4, 0.5) is 4.39 Å². The molecule has 0 unspecified atom stereocenters. The van der Waals surface area contributed by atoms with Gasteiger partial charge in [0, 0.05) is 48.7 Å². The second-order valence-corrected chi connectivity index (χ2v) is 10.00. The zero-order chi connectivity index (χ0) is 28.4. The van der Waals surface area contributed by atoms with E-state index in [0.29, 0.717) is 29.4 Å². The predicted molar refractivity (Wildman–Crippen MR) is 156 cm³/mol. The molecule has 1 fully saturated rings. The first-order valence-corrected chi connectivity index (χ1v) is 13.3. The standard InChI is InChI=1S/C30H38Cl2FN3O2/c1-8-22(17-25(10-3)38-21(6)29-26(31)11-12-27(33)30(29)32)23(9-2)19-35(7)24-13-15-36(16-14-24)28(37)18-34-20(4)5/h8-12,17,19,21,24,34H,1-2,4,13-16,18H2,3,5-7H3/b22-17+,23-19+,25-10+/t21-/m0/s1. The highest BCUT2D eigenvalue weighted by atomic mass is 35.5. The quantitative estimate of drug-likeness (QED) is 0.165. The van der Waals surface area contributed by atoms with Crippen LogP contribution in [0, 0.1) is 5.82 Å². The summed E-state index contributed by atoms with van der Waals surface area (Å²) in [7, 11) is 2.03. The molecule has 1 N–H and O–H groups in total. The topological polar surface area (TPSA) is 44.8 Å². The Morgan fingerprint density at radius 1 is 1.26 bits per heavy atom. The Bertz CT molecular complexity index is 1130. The minimum atomic E-state index is -0.587. The van der Waals surface area contributed by atoms with Gasteiger partial charge in [0.05, 0.1) is 11.6 Å². The molecule has 0 saturated carbocycles. The summed E-state index contributed by atoms with van der Waals surface area (Å²) in [5.74, 6) is 0.0844. The maximum Gasteiger partial charge on any atom is 0.241 e. The van der Waals surface area contributed by atoms with Crippen LogP contribution in [0.3, 0.4) is 0 Å². The number of carbonyl (C=O) groups excluding carboxylic acids is 1. The van der Waals surface area contributed by atoms with E-state index in [4.69, 9.17) is 27.9 Å². The van der Waals surface area contributed by atoms with E-state index in [1.165, 1.54) is 12.1 Å². The number of hydrogen-bond donors (Lipinski definition) is 1. The van der Waals surface area contributed by atoms with Crippen molar-refractivity contribution in [3.05, 3.63) is 106 Å². The van der Waals surface area contributed by atoms with Crippen LogP contribution in [-0.4, -0.2) is 48.4 Å². The van der Waals surface area contributed by atoms with E-state index in [-0.39, 0.29) is 23.5 Å². The third kappa shape index (κ3) is 8.53. The van der Waals surface area contributed by atoms with Gasteiger partial charge in [0.2, 0.25) is 5.91 Å². The van der Waals surface area contributed by atoms with Gasteiger partial charge in [-0.1, -0.05) is 55.1 Å². The summed E-state index contributed by atoms with van der Waals surface area (Å²) in [4.78, 5) is 16.4. The van der Waals surface area contributed by atoms with Gasteiger partial charge in [0.25, 0.3) is 0 Å². The summed E-state index contributed by atoms with van der Waals surface area (Å²) >= 11 is 12.4. The molecule has 5 nitrogen and oxygen atoms in total. The average molecular weight is 563 g/mol. The molecule has 2 rings (SSSR count). The van der Waals surface area contributed by atoms with Gasteiger partial charge < -0.3 is 19.9 Å². The Morgan fingerprint density at radius 3 is 2.45 bits per heavy atom. The van der Waals surface area contributed by atoms with Crippen molar-refractivity contribution < 1.29 is 13.9 Å². The minimum Gasteiger partial charge on any atom is -0.486 e. The second-order valence-electron chi connectivity index (χ2n) is 9.21. The number of likely N-dealkylation sites (tertiary alicyclic amines) is 1. The molecule has 206 valence electrons. The van der Waals surface area contributed by atoms with Crippen molar-refractivity contribution in [1.82, 2.24) is 15.1 Å². The summed E-state index contributed by atoms with van der Waals surface area (Å²) in [6.07, 6.45) is 10.3. The molecule has 1 atom stereocenters. The lowest BCUT2D eigenvalue weighted by Crippen LogP contribution is -2.46. The first-order chi connectivity index (χ1) is 18.0. The van der Waals surface area contributed by atoms with E-state index < -0.39 is 11.9 Å². The van der Waals surface area contributed by atoms with Gasteiger partial charge in [-0.05, 0) is 69.0 Å². The highest BCUT2D eigenvalue weighted by Crippen LogP contribution is 2.35. The summed E-state index contributed by atoms with van der Waals surface area (Å²) in [6, 6.07) is 2.98. The molecule has 38 heavy (non-hydrogen) atoms. The van der Waals surface area contributed by atoms with Crippen molar-refractivity contribution in [1.29, 1.82) is 0 Å². The molecule has 1 aromatic carbocycles. The zero-order valence-electron chi connectivity index (χ0n) is 22.7. The average Bonchev–Trinajstić information content (AvgIpc) is 2.90. The van der Waals surface area contributed by atoms with Gasteiger partial charge in [0.15, 0.2) is 0 Å². The number of hydrogen-bond acceptors (Lipinski definition) is 4. The van der Waals surface area contributed by atoms with Crippen molar-refractivity contribution in [2.45, 2.75) is 45.8 Å². The summed E-state index contributed by atoms with van der Waals surface area (Å²) < 4.78 is 20.1. The number of benzene rings is 1. The second kappa shape index (κ2) is 14.8. The number of halogens is 3. The number of carbonyl (C=O) groups is 1. The lowest BCUT2D eigenvalue weighted by atomic mass is 10.0. The maximum atomic E-state index is 14.0. The monoisotopic (exact) mass is 561 g/mol. The molecular formula is C30H38Cl2FN3O2. The lowest BCUT2D eigenvalue weighted by molar-refractivity contribution is -0.131. The number of ether oxygens (including phenoxy) is 1. The van der Waals surface area contributed by atoms with Crippen LogP contribution in [-0.2, 0) is 9.53 Å². The van der Waals surface area contributed by atoms with Crippen molar-refractivity contribution >= 4 is 29.1 Å². The first-order valence-electron chi connectivity index (χ1n) is 12.6. The van der Waals surface area contributed by atoms with Crippen LogP contribution in [0.2, 0.25) is 10.0 Å². The van der Waals surface area contributed by atoms with E-state index in [1.54, 1.807) is 25.2 Å². The molecule has 0 aromatic heterocycles. The number of amides is 1. The maximum absolute atomic E-state index is 14.0. The Morgan fingerprint density at radius 2 is 1.89 bits per heavy atom. The van der Waals surface area contributed by atoms with Gasteiger partial charge >= 0.3 is 0 Å². The molecule has 8 heteroatoms. The molecule has 0 radical (unpaired) electrons. The molecule has 1 heterocycles. The zero-order valence-corrected chi connectivity index (χ0v) is 24.2. The Kier molecular flexibility index (Phi) is 12.2. The summed E-state index contributed by atoms with van der Waals surface area (Å²) in [6.45, 7) is 18.9. The fourth-order valence-electron chi connectivity index (χ4n) is 4.21. The van der Waals surface area contributed by atoms with E-state index in [9.17, 15) is 9.18 Å². The highest BCUT2D eigenvalue weighted by Gasteiger charge is 2.24. The molecule has 1 amide bonds. The van der Waals surface area contributed by atoms with E-state index in [1.807, 2.05) is 38.1 Å². The SMILES string of the molecule is C=CC(=C\C(=C/C)O[C@@H](C)c1c(Cl)ccc(F)c1Cl)/C(C=C)=C/N(C)C1CCN(C(=O)CNC(=C)C)CC1. The van der Waals surface area contributed by atoms with Crippen LogP contribution in [0.1, 0.15) is 45.3 Å². The molecule has 1 aliphatic heterocycles. The minimum absolute atomic E-state index is 0.0542. The third-order valence-corrected chi connectivity index (χ3v) is 7.15. The molecule has 1 saturated heterocycles. The molecule has 0 aliphatic carbocycles. The van der Waals surface area contributed by atoms with E-state index >= 15 is 0 Å². The van der Waals surface area contributed by atoms with Crippen LogP contribution in [0.5, 0.6) is 0 Å². The molecular weight excluding hydrogens is 524 g/mol. The first kappa shape index (κ1) is 31.3. The number of nitrogens with one attached hydrogen (secondary N) is 1. The lowest BCUT2D eigenvalue weighted by Gasteiger charge is -2.36. The fourth-order valence-corrected chi connectivity index (χ4v) is 4.89. The van der Waals surface area contributed by atoms with Crippen molar-refractivity contribution in [3.63, 3.8) is 0 Å². The van der Waals surface area contributed by atoms with Gasteiger partial charge in [-0.3, -0.25) is 4.79 Å². The van der Waals surface area contributed by atoms with Crippen molar-refractivity contribution in [2.75, 3.05) is 26.7 Å². The third-order valence-electron chi connectivity index (χ3n) is 6.43. The normalized spacial score (nSPS) is 16.1.